The number of rotatable bonds is 3. The van der Waals surface area contributed by atoms with Gasteiger partial charge in [-0.3, -0.25) is 0 Å². The molecule has 70 valence electrons. The molecule has 0 atom stereocenters. The molecule has 0 aliphatic heterocycles. The Bertz CT molecular complexity index is 312. The zero-order valence-electron chi connectivity index (χ0n) is 7.48. The number of aromatic nitrogens is 1. The van der Waals surface area contributed by atoms with E-state index in [4.69, 9.17) is 5.11 Å². The van der Waals surface area contributed by atoms with E-state index < -0.39 is 5.97 Å². The molecule has 0 aliphatic carbocycles. The van der Waals surface area contributed by atoms with Crippen molar-refractivity contribution in [2.24, 2.45) is 0 Å². The van der Waals surface area contributed by atoms with Crippen molar-refractivity contribution in [3.8, 4) is 0 Å². The first-order chi connectivity index (χ1) is 6.09. The summed E-state index contributed by atoms with van der Waals surface area (Å²) in [6.45, 7) is 0. The van der Waals surface area contributed by atoms with Crippen molar-refractivity contribution in [1.29, 1.82) is 0 Å². The minimum absolute atomic E-state index is 0.0341. The van der Waals surface area contributed by atoms with Crippen molar-refractivity contribution in [3.63, 3.8) is 0 Å². The fourth-order valence-electron chi connectivity index (χ4n) is 0.875. The fourth-order valence-corrected chi connectivity index (χ4v) is 0.875. The lowest BCUT2D eigenvalue weighted by molar-refractivity contribution is 0.0690. The molecule has 1 heterocycles. The lowest BCUT2D eigenvalue weighted by atomic mass is 10.3. The summed E-state index contributed by atoms with van der Waals surface area (Å²) in [7, 11) is 3.64. The highest BCUT2D eigenvalue weighted by Gasteiger charge is 2.04. The molecule has 0 saturated heterocycles. The van der Waals surface area contributed by atoms with Gasteiger partial charge in [-0.15, -0.1) is 0 Å². The van der Waals surface area contributed by atoms with Crippen LogP contribution in [0, 0.1) is 0 Å². The molecule has 5 nitrogen and oxygen atoms in total. The van der Waals surface area contributed by atoms with E-state index in [1.807, 2.05) is 14.1 Å². The molecule has 1 rings (SSSR count). The lowest BCUT2D eigenvalue weighted by Gasteiger charge is -2.12. The summed E-state index contributed by atoms with van der Waals surface area (Å²) in [5, 5.41) is 10.4. The van der Waals surface area contributed by atoms with Gasteiger partial charge in [-0.2, -0.15) is 0 Å². The van der Waals surface area contributed by atoms with E-state index in [1.54, 1.807) is 11.1 Å². The van der Waals surface area contributed by atoms with Crippen LogP contribution >= 0.6 is 0 Å². The van der Waals surface area contributed by atoms with Crippen LogP contribution < -0.4 is 5.43 Å². The van der Waals surface area contributed by atoms with E-state index in [0.29, 0.717) is 5.69 Å². The number of nitrogens with one attached hydrogen (secondary N) is 1. The number of hydrazine groups is 1. The summed E-state index contributed by atoms with van der Waals surface area (Å²) in [6.07, 6.45) is 1.45. The van der Waals surface area contributed by atoms with Crippen LogP contribution in [0.3, 0.4) is 0 Å². The average Bonchev–Trinajstić information content (AvgIpc) is 2.03. The Labute approximate surface area is 76.0 Å². The van der Waals surface area contributed by atoms with Crippen molar-refractivity contribution in [2.75, 3.05) is 19.5 Å². The summed E-state index contributed by atoms with van der Waals surface area (Å²) in [6, 6.07) is 3.18. The molecule has 0 aromatic carbocycles. The lowest BCUT2D eigenvalue weighted by Crippen LogP contribution is -2.19. The molecule has 2 N–H and O–H groups in total. The number of hydrogen-bond donors (Lipinski definition) is 2. The molecule has 0 aliphatic rings. The first-order valence-corrected chi connectivity index (χ1v) is 3.73. The monoisotopic (exact) mass is 181 g/mol. The molecule has 0 spiro atoms. The molecule has 0 fully saturated rings. The molecule has 1 aromatic rings. The van der Waals surface area contributed by atoms with E-state index in [1.165, 1.54) is 12.3 Å². The summed E-state index contributed by atoms with van der Waals surface area (Å²) >= 11 is 0. The van der Waals surface area contributed by atoms with Crippen molar-refractivity contribution in [2.45, 2.75) is 0 Å². The van der Waals surface area contributed by atoms with Crippen LogP contribution in [0.5, 0.6) is 0 Å². The zero-order valence-corrected chi connectivity index (χ0v) is 7.48. The van der Waals surface area contributed by atoms with Crippen LogP contribution in [-0.4, -0.2) is 35.2 Å². The van der Waals surface area contributed by atoms with E-state index in [0.717, 1.165) is 0 Å². The zero-order chi connectivity index (χ0) is 9.84. The van der Waals surface area contributed by atoms with Gasteiger partial charge in [0.15, 0.2) is 0 Å². The van der Waals surface area contributed by atoms with Crippen LogP contribution in [0.15, 0.2) is 18.3 Å². The van der Waals surface area contributed by atoms with Crippen LogP contribution in [0.25, 0.3) is 0 Å². The third kappa shape index (κ3) is 2.72. The smallest absolute Gasteiger partial charge is 0.354 e. The molecule has 0 saturated carbocycles. The van der Waals surface area contributed by atoms with Gasteiger partial charge >= 0.3 is 5.97 Å². The number of pyridine rings is 1. The topological polar surface area (TPSA) is 65.5 Å². The van der Waals surface area contributed by atoms with Crippen molar-refractivity contribution < 1.29 is 9.90 Å². The highest BCUT2D eigenvalue weighted by atomic mass is 16.4. The second-order valence-electron chi connectivity index (χ2n) is 2.74. The maximum atomic E-state index is 10.5. The van der Waals surface area contributed by atoms with E-state index >= 15 is 0 Å². The second kappa shape index (κ2) is 3.86. The predicted octanol–water partition coefficient (Wildman–Crippen LogP) is 0.668. The van der Waals surface area contributed by atoms with E-state index in [-0.39, 0.29) is 5.69 Å². The van der Waals surface area contributed by atoms with Crippen molar-refractivity contribution in [3.05, 3.63) is 24.0 Å². The van der Waals surface area contributed by atoms with Gasteiger partial charge in [0.1, 0.15) is 5.69 Å². The second-order valence-corrected chi connectivity index (χ2v) is 2.74. The fraction of sp³-hybridized carbons (Fsp3) is 0.250. The Morgan fingerprint density at radius 2 is 2.31 bits per heavy atom. The number of nitrogens with zero attached hydrogens (tertiary/aromatic N) is 2. The highest BCUT2D eigenvalue weighted by molar-refractivity contribution is 5.86. The van der Waals surface area contributed by atoms with Gasteiger partial charge < -0.3 is 10.5 Å². The molecule has 0 bridgehead atoms. The van der Waals surface area contributed by atoms with Crippen molar-refractivity contribution in [1.82, 2.24) is 9.99 Å². The molecule has 0 radical (unpaired) electrons. The highest BCUT2D eigenvalue weighted by Crippen LogP contribution is 2.07. The Hall–Kier alpha value is -1.62. The van der Waals surface area contributed by atoms with Gasteiger partial charge in [-0.25, -0.2) is 14.8 Å². The third-order valence-corrected chi connectivity index (χ3v) is 1.33. The summed E-state index contributed by atoms with van der Waals surface area (Å²) in [5.74, 6) is -1.03. The first kappa shape index (κ1) is 9.47. The van der Waals surface area contributed by atoms with Gasteiger partial charge in [-0.1, -0.05) is 0 Å². The normalized spacial score (nSPS) is 10.1. The summed E-state index contributed by atoms with van der Waals surface area (Å²) in [5.41, 5.74) is 3.67. The molecular formula is C8H11N3O2. The van der Waals surface area contributed by atoms with Gasteiger partial charge in [-0.05, 0) is 12.1 Å². The third-order valence-electron chi connectivity index (χ3n) is 1.33. The average molecular weight is 181 g/mol. The van der Waals surface area contributed by atoms with Gasteiger partial charge in [0.2, 0.25) is 0 Å². The Kier molecular flexibility index (Phi) is 2.81. The number of anilines is 1. The minimum atomic E-state index is -1.03. The standard InChI is InChI=1S/C8H11N3O2/c1-11(2)10-6-3-4-9-7(5-6)8(12)13/h3-5H,1-2H3,(H,9,10)(H,12,13). The maximum Gasteiger partial charge on any atom is 0.354 e. The SMILES string of the molecule is CN(C)Nc1ccnc(C(=O)O)c1. The molecule has 0 unspecified atom stereocenters. The number of hydrogen-bond acceptors (Lipinski definition) is 4. The molecule has 1 aromatic heterocycles. The first-order valence-electron chi connectivity index (χ1n) is 3.73. The van der Waals surface area contributed by atoms with E-state index in [9.17, 15) is 4.79 Å². The van der Waals surface area contributed by atoms with Gasteiger partial charge in [0.25, 0.3) is 0 Å². The predicted molar refractivity (Wildman–Crippen MR) is 48.5 cm³/mol. The van der Waals surface area contributed by atoms with Crippen LogP contribution in [0.4, 0.5) is 5.69 Å². The largest absolute Gasteiger partial charge is 0.477 e. The summed E-state index contributed by atoms with van der Waals surface area (Å²) < 4.78 is 0. The van der Waals surface area contributed by atoms with Gasteiger partial charge in [0, 0.05) is 20.3 Å². The number of carbonyl (C=O) groups is 1. The summed E-state index contributed by atoms with van der Waals surface area (Å²) in [4.78, 5) is 14.2. The van der Waals surface area contributed by atoms with Crippen LogP contribution in [0.1, 0.15) is 10.5 Å². The molecule has 5 heteroatoms. The number of aromatic carboxylic acids is 1. The Morgan fingerprint density at radius 1 is 1.62 bits per heavy atom. The molecule has 13 heavy (non-hydrogen) atoms. The van der Waals surface area contributed by atoms with Crippen LogP contribution in [0.2, 0.25) is 0 Å². The van der Waals surface area contributed by atoms with Crippen LogP contribution in [-0.2, 0) is 0 Å². The van der Waals surface area contributed by atoms with Crippen molar-refractivity contribution >= 4 is 11.7 Å². The Morgan fingerprint density at radius 3 is 2.85 bits per heavy atom. The molecular weight excluding hydrogens is 170 g/mol. The molecule has 0 amide bonds. The maximum absolute atomic E-state index is 10.5. The minimum Gasteiger partial charge on any atom is -0.477 e. The van der Waals surface area contributed by atoms with Gasteiger partial charge in [0.05, 0.1) is 5.69 Å². The van der Waals surface area contributed by atoms with E-state index in [2.05, 4.69) is 10.4 Å². The Balaban J connectivity index is 2.85. The quantitative estimate of drug-likeness (QED) is 0.671. The number of carboxylic acids is 1. The number of carboxylic acid groups (broad SMARTS) is 1.